The summed E-state index contributed by atoms with van der Waals surface area (Å²) in [4.78, 5) is 12.4. The first-order valence-electron chi connectivity index (χ1n) is 8.65. The molecule has 1 N–H and O–H groups in total. The Bertz CT molecular complexity index is 874. The maximum atomic E-state index is 13.1. The minimum atomic E-state index is -3.97. The van der Waals surface area contributed by atoms with Crippen LogP contribution in [0.4, 0.5) is 5.69 Å². The van der Waals surface area contributed by atoms with E-state index >= 15 is 0 Å². The van der Waals surface area contributed by atoms with E-state index in [9.17, 15) is 13.2 Å². The van der Waals surface area contributed by atoms with Crippen LogP contribution < -0.4 is 9.62 Å². The summed E-state index contributed by atoms with van der Waals surface area (Å²) in [6.07, 6.45) is 2.87. The van der Waals surface area contributed by atoms with E-state index in [1.807, 2.05) is 0 Å². The van der Waals surface area contributed by atoms with E-state index in [4.69, 9.17) is 23.2 Å². The third kappa shape index (κ3) is 5.86. The highest BCUT2D eigenvalue weighted by atomic mass is 35.5. The minimum Gasteiger partial charge on any atom is -0.355 e. The van der Waals surface area contributed by atoms with Gasteiger partial charge in [0.05, 0.1) is 15.6 Å². The number of unbranched alkanes of at least 4 members (excludes halogenated alkanes) is 2. The van der Waals surface area contributed by atoms with Crippen molar-refractivity contribution >= 4 is 44.8 Å². The molecule has 0 unspecified atom stereocenters. The zero-order chi connectivity index (χ0) is 19.9. The summed E-state index contributed by atoms with van der Waals surface area (Å²) in [6.45, 7) is 2.20. The SMILES string of the molecule is CCCCCNC(=O)CN(c1ccc(Cl)cc1Cl)S(=O)(=O)c1ccccc1. The molecule has 0 aliphatic heterocycles. The van der Waals surface area contributed by atoms with Gasteiger partial charge in [0.2, 0.25) is 5.91 Å². The van der Waals surface area contributed by atoms with E-state index in [1.54, 1.807) is 18.2 Å². The van der Waals surface area contributed by atoms with Crippen molar-refractivity contribution in [3.63, 3.8) is 0 Å². The molecule has 0 aliphatic carbocycles. The maximum absolute atomic E-state index is 13.1. The summed E-state index contributed by atoms with van der Waals surface area (Å²) < 4.78 is 27.3. The Labute approximate surface area is 170 Å². The van der Waals surface area contributed by atoms with Gasteiger partial charge in [-0.05, 0) is 36.8 Å². The highest BCUT2D eigenvalue weighted by Crippen LogP contribution is 2.32. The molecule has 0 saturated heterocycles. The number of nitrogens with zero attached hydrogens (tertiary/aromatic N) is 1. The molecule has 0 aromatic heterocycles. The number of halogens is 2. The summed E-state index contributed by atoms with van der Waals surface area (Å²) in [7, 11) is -3.97. The molecule has 2 rings (SSSR count). The van der Waals surface area contributed by atoms with Gasteiger partial charge in [0.1, 0.15) is 6.54 Å². The van der Waals surface area contributed by atoms with Crippen LogP contribution in [0.15, 0.2) is 53.4 Å². The number of nitrogens with one attached hydrogen (secondary N) is 1. The lowest BCUT2D eigenvalue weighted by Gasteiger charge is -2.25. The van der Waals surface area contributed by atoms with Crippen molar-refractivity contribution in [3.05, 3.63) is 58.6 Å². The highest BCUT2D eigenvalue weighted by Gasteiger charge is 2.28. The molecule has 0 aliphatic rings. The van der Waals surface area contributed by atoms with Crippen molar-refractivity contribution in [2.75, 3.05) is 17.4 Å². The molecule has 0 bridgehead atoms. The van der Waals surface area contributed by atoms with Crippen LogP contribution in [-0.2, 0) is 14.8 Å². The van der Waals surface area contributed by atoms with Gasteiger partial charge in [-0.1, -0.05) is 61.2 Å². The Morgan fingerprint density at radius 3 is 2.41 bits per heavy atom. The average Bonchev–Trinajstić information content (AvgIpc) is 2.64. The van der Waals surface area contributed by atoms with Gasteiger partial charge in [-0.3, -0.25) is 9.10 Å². The van der Waals surface area contributed by atoms with Crippen LogP contribution in [0, 0.1) is 0 Å². The molecule has 1 amide bonds. The lowest BCUT2D eigenvalue weighted by Crippen LogP contribution is -2.41. The zero-order valence-corrected chi connectivity index (χ0v) is 17.3. The Morgan fingerprint density at radius 1 is 1.07 bits per heavy atom. The standard InChI is InChI=1S/C19H22Cl2N2O3S/c1-2-3-7-12-22-19(24)14-23(18-11-10-15(20)13-17(18)21)27(25,26)16-8-5-4-6-9-16/h4-6,8-11,13H,2-3,7,12,14H2,1H3,(H,22,24). The molecule has 27 heavy (non-hydrogen) atoms. The normalized spacial score (nSPS) is 11.2. The van der Waals surface area contributed by atoms with Crippen LogP contribution >= 0.6 is 23.2 Å². The molecular formula is C19H22Cl2N2O3S. The molecule has 5 nitrogen and oxygen atoms in total. The molecule has 2 aromatic rings. The summed E-state index contributed by atoms with van der Waals surface area (Å²) in [6, 6.07) is 12.4. The number of hydrogen-bond acceptors (Lipinski definition) is 3. The summed E-state index contributed by atoms with van der Waals surface area (Å²) in [5, 5.41) is 3.29. The summed E-state index contributed by atoms with van der Waals surface area (Å²) >= 11 is 12.1. The predicted molar refractivity (Wildman–Crippen MR) is 110 cm³/mol. The first-order valence-corrected chi connectivity index (χ1v) is 10.9. The van der Waals surface area contributed by atoms with E-state index in [2.05, 4.69) is 12.2 Å². The smallest absolute Gasteiger partial charge is 0.264 e. The Hall–Kier alpha value is -1.76. The molecule has 0 fully saturated rings. The van der Waals surface area contributed by atoms with Crippen molar-refractivity contribution < 1.29 is 13.2 Å². The van der Waals surface area contributed by atoms with Gasteiger partial charge in [0, 0.05) is 11.6 Å². The third-order valence-corrected chi connectivity index (χ3v) is 6.21. The largest absolute Gasteiger partial charge is 0.355 e. The van der Waals surface area contributed by atoms with Gasteiger partial charge < -0.3 is 5.32 Å². The lowest BCUT2D eigenvalue weighted by molar-refractivity contribution is -0.119. The number of hydrogen-bond donors (Lipinski definition) is 1. The third-order valence-electron chi connectivity index (χ3n) is 3.90. The number of rotatable bonds is 9. The highest BCUT2D eigenvalue weighted by molar-refractivity contribution is 7.92. The number of carbonyl (C=O) groups excluding carboxylic acids is 1. The van der Waals surface area contributed by atoms with E-state index in [-0.39, 0.29) is 22.2 Å². The summed E-state index contributed by atoms with van der Waals surface area (Å²) in [5.74, 6) is -0.392. The molecule has 0 spiro atoms. The Morgan fingerprint density at radius 2 is 1.78 bits per heavy atom. The fraction of sp³-hybridized carbons (Fsp3) is 0.316. The van der Waals surface area contributed by atoms with Crippen molar-refractivity contribution in [2.24, 2.45) is 0 Å². The topological polar surface area (TPSA) is 66.5 Å². The van der Waals surface area contributed by atoms with Crippen LogP contribution in [0.2, 0.25) is 10.0 Å². The molecule has 146 valence electrons. The average molecular weight is 429 g/mol. The van der Waals surface area contributed by atoms with Gasteiger partial charge >= 0.3 is 0 Å². The number of carbonyl (C=O) groups is 1. The molecule has 0 radical (unpaired) electrons. The van der Waals surface area contributed by atoms with E-state index in [1.165, 1.54) is 30.3 Å². The fourth-order valence-electron chi connectivity index (χ4n) is 2.49. The van der Waals surface area contributed by atoms with E-state index in [0.29, 0.717) is 11.6 Å². The van der Waals surface area contributed by atoms with Gasteiger partial charge in [0.15, 0.2) is 0 Å². The molecule has 2 aromatic carbocycles. The summed E-state index contributed by atoms with van der Waals surface area (Å²) in [5.41, 5.74) is 0.202. The van der Waals surface area contributed by atoms with Crippen LogP contribution in [0.1, 0.15) is 26.2 Å². The monoisotopic (exact) mass is 428 g/mol. The van der Waals surface area contributed by atoms with Gasteiger partial charge in [-0.25, -0.2) is 8.42 Å². The lowest BCUT2D eigenvalue weighted by atomic mass is 10.2. The molecule has 0 atom stereocenters. The van der Waals surface area contributed by atoms with Crippen LogP contribution in [0.5, 0.6) is 0 Å². The second kappa shape index (κ2) is 9.97. The van der Waals surface area contributed by atoms with E-state index in [0.717, 1.165) is 23.6 Å². The molecular weight excluding hydrogens is 407 g/mol. The predicted octanol–water partition coefficient (Wildman–Crippen LogP) is 4.50. The Kier molecular flexibility index (Phi) is 7.95. The van der Waals surface area contributed by atoms with Gasteiger partial charge in [-0.2, -0.15) is 0 Å². The van der Waals surface area contributed by atoms with Crippen molar-refractivity contribution in [3.8, 4) is 0 Å². The number of sulfonamides is 1. The van der Waals surface area contributed by atoms with Crippen LogP contribution in [0.25, 0.3) is 0 Å². The number of amides is 1. The molecule has 0 saturated carbocycles. The number of benzene rings is 2. The molecule has 8 heteroatoms. The van der Waals surface area contributed by atoms with Gasteiger partial charge in [-0.15, -0.1) is 0 Å². The maximum Gasteiger partial charge on any atom is 0.264 e. The first kappa shape index (κ1) is 21.5. The fourth-order valence-corrected chi connectivity index (χ4v) is 4.51. The Balaban J connectivity index is 2.33. The second-order valence-electron chi connectivity index (χ2n) is 5.98. The number of anilines is 1. The van der Waals surface area contributed by atoms with Crippen molar-refractivity contribution in [1.82, 2.24) is 5.32 Å². The second-order valence-corrected chi connectivity index (χ2v) is 8.68. The van der Waals surface area contributed by atoms with Crippen molar-refractivity contribution in [2.45, 2.75) is 31.1 Å². The zero-order valence-electron chi connectivity index (χ0n) is 15.0. The quantitative estimate of drug-likeness (QED) is 0.597. The molecule has 0 heterocycles. The van der Waals surface area contributed by atoms with Crippen LogP contribution in [-0.4, -0.2) is 27.4 Å². The van der Waals surface area contributed by atoms with Gasteiger partial charge in [0.25, 0.3) is 10.0 Å². The van der Waals surface area contributed by atoms with Crippen molar-refractivity contribution in [1.29, 1.82) is 0 Å². The van der Waals surface area contributed by atoms with E-state index < -0.39 is 15.9 Å². The minimum absolute atomic E-state index is 0.0785. The first-order chi connectivity index (χ1) is 12.9. The van der Waals surface area contributed by atoms with Crippen LogP contribution in [0.3, 0.4) is 0 Å².